The van der Waals surface area contributed by atoms with Crippen LogP contribution >= 0.6 is 0 Å². The van der Waals surface area contributed by atoms with Crippen LogP contribution in [0.2, 0.25) is 0 Å². The molecule has 0 aromatic heterocycles. The highest BCUT2D eigenvalue weighted by atomic mass is 16.5. The lowest BCUT2D eigenvalue weighted by Crippen LogP contribution is -2.53. The Morgan fingerprint density at radius 3 is 2.35 bits per heavy atom. The average molecular weight is 463 g/mol. The summed E-state index contributed by atoms with van der Waals surface area (Å²) in [5.74, 6) is -1.92. The molecule has 34 heavy (non-hydrogen) atoms. The minimum atomic E-state index is -0.908. The molecule has 1 heterocycles. The summed E-state index contributed by atoms with van der Waals surface area (Å²) in [6.45, 7) is 6.32. The first kappa shape index (κ1) is 23.5. The van der Waals surface area contributed by atoms with Gasteiger partial charge in [-0.3, -0.25) is 9.59 Å². The Kier molecular flexibility index (Phi) is 7.01. The highest BCUT2D eigenvalue weighted by Gasteiger charge is 2.36. The largest absolute Gasteiger partial charge is 0.481 e. The smallest absolute Gasteiger partial charge is 0.407 e. The molecule has 2 aliphatic rings. The number of ether oxygens (including phenoxy) is 1. The number of aliphatic carboxylic acids is 1. The standard InChI is InChI=1S/C27H30N2O5/c1-3-8-24(25(30)29-14-13-17(2)22(15-29)26(31)32)28-27(33)34-16-23-20-11-6-4-9-18(20)19-10-5-7-12-21(19)23/h3-7,9-12,17,22-24H,1,8,13-16H2,2H3,(H,28,33)(H,31,32). The summed E-state index contributed by atoms with van der Waals surface area (Å²) < 4.78 is 5.58. The molecule has 1 saturated heterocycles. The number of carbonyl (C=O) groups is 3. The van der Waals surface area contributed by atoms with Gasteiger partial charge >= 0.3 is 12.1 Å². The molecule has 7 nitrogen and oxygen atoms in total. The Balaban J connectivity index is 1.41. The van der Waals surface area contributed by atoms with Gasteiger partial charge in [-0.15, -0.1) is 6.58 Å². The number of nitrogens with zero attached hydrogens (tertiary/aromatic N) is 1. The van der Waals surface area contributed by atoms with Gasteiger partial charge in [-0.05, 0) is 41.0 Å². The monoisotopic (exact) mass is 462 g/mol. The topological polar surface area (TPSA) is 95.9 Å². The van der Waals surface area contributed by atoms with Gasteiger partial charge in [0.1, 0.15) is 12.6 Å². The fraction of sp³-hybridized carbons (Fsp3) is 0.370. The predicted molar refractivity (Wildman–Crippen MR) is 128 cm³/mol. The summed E-state index contributed by atoms with van der Waals surface area (Å²) in [7, 11) is 0. The Bertz CT molecular complexity index is 1050. The number of fused-ring (bicyclic) bond motifs is 3. The van der Waals surface area contributed by atoms with E-state index in [-0.39, 0.29) is 37.3 Å². The fourth-order valence-electron chi connectivity index (χ4n) is 4.98. The molecule has 1 aliphatic heterocycles. The quantitative estimate of drug-likeness (QED) is 0.606. The molecule has 178 valence electrons. The third-order valence-corrected chi connectivity index (χ3v) is 6.92. The lowest BCUT2D eigenvalue weighted by molar-refractivity contribution is -0.148. The molecule has 0 spiro atoms. The number of carboxylic acid groups (broad SMARTS) is 1. The Labute approximate surface area is 199 Å². The van der Waals surface area contributed by atoms with Crippen molar-refractivity contribution in [2.45, 2.75) is 31.7 Å². The van der Waals surface area contributed by atoms with E-state index < -0.39 is 24.0 Å². The number of carbonyl (C=O) groups excluding carboxylic acids is 2. The molecule has 0 radical (unpaired) electrons. The van der Waals surface area contributed by atoms with Gasteiger partial charge in [-0.2, -0.15) is 0 Å². The summed E-state index contributed by atoms with van der Waals surface area (Å²) >= 11 is 0. The van der Waals surface area contributed by atoms with E-state index in [1.165, 1.54) is 4.90 Å². The van der Waals surface area contributed by atoms with Crippen molar-refractivity contribution in [2.24, 2.45) is 11.8 Å². The molecule has 1 fully saturated rings. The third-order valence-electron chi connectivity index (χ3n) is 6.92. The van der Waals surface area contributed by atoms with Gasteiger partial charge in [-0.1, -0.05) is 61.5 Å². The van der Waals surface area contributed by atoms with Crippen molar-refractivity contribution in [1.29, 1.82) is 0 Å². The molecule has 2 amide bonds. The van der Waals surface area contributed by atoms with E-state index in [1.54, 1.807) is 6.08 Å². The van der Waals surface area contributed by atoms with E-state index >= 15 is 0 Å². The Morgan fingerprint density at radius 1 is 1.15 bits per heavy atom. The molecule has 2 aromatic carbocycles. The number of amides is 2. The summed E-state index contributed by atoms with van der Waals surface area (Å²) in [5.41, 5.74) is 4.49. The van der Waals surface area contributed by atoms with Gasteiger partial charge in [0.25, 0.3) is 0 Å². The first-order valence-corrected chi connectivity index (χ1v) is 11.6. The molecule has 4 rings (SSSR count). The molecule has 2 aromatic rings. The van der Waals surface area contributed by atoms with Crippen LogP contribution < -0.4 is 5.32 Å². The molecular weight excluding hydrogens is 432 g/mol. The maximum atomic E-state index is 13.1. The van der Waals surface area contributed by atoms with Gasteiger partial charge in [-0.25, -0.2) is 4.79 Å². The molecule has 7 heteroatoms. The molecule has 0 bridgehead atoms. The molecule has 3 unspecified atom stereocenters. The molecule has 2 N–H and O–H groups in total. The second-order valence-electron chi connectivity index (χ2n) is 9.04. The molecular formula is C27H30N2O5. The van der Waals surface area contributed by atoms with Gasteiger partial charge < -0.3 is 20.1 Å². The first-order valence-electron chi connectivity index (χ1n) is 11.6. The lowest BCUT2D eigenvalue weighted by atomic mass is 9.87. The maximum absolute atomic E-state index is 13.1. The number of hydrogen-bond donors (Lipinski definition) is 2. The summed E-state index contributed by atoms with van der Waals surface area (Å²) in [6.07, 6.45) is 1.72. The van der Waals surface area contributed by atoms with Gasteiger partial charge in [0.05, 0.1) is 5.92 Å². The summed E-state index contributed by atoms with van der Waals surface area (Å²) in [4.78, 5) is 38.9. The number of likely N-dealkylation sites (tertiary alicyclic amines) is 1. The Hall–Kier alpha value is -3.61. The number of carboxylic acids is 1. The lowest BCUT2D eigenvalue weighted by Gasteiger charge is -2.36. The SMILES string of the molecule is C=CCC(NC(=O)OCC1c2ccccc2-c2ccccc21)C(=O)N1CCC(C)C(C(=O)O)C1. The Morgan fingerprint density at radius 2 is 1.76 bits per heavy atom. The van der Waals surface area contributed by atoms with Crippen molar-refractivity contribution in [3.8, 4) is 11.1 Å². The third kappa shape index (κ3) is 4.69. The van der Waals surface area contributed by atoms with Gasteiger partial charge in [0, 0.05) is 19.0 Å². The number of rotatable bonds is 7. The van der Waals surface area contributed by atoms with E-state index in [2.05, 4.69) is 24.0 Å². The average Bonchev–Trinajstić information content (AvgIpc) is 3.16. The normalized spacial score (nSPS) is 20.1. The number of hydrogen-bond acceptors (Lipinski definition) is 4. The van der Waals surface area contributed by atoms with Crippen LogP contribution in [0.4, 0.5) is 4.79 Å². The highest BCUT2D eigenvalue weighted by molar-refractivity contribution is 5.86. The summed E-state index contributed by atoms with van der Waals surface area (Å²) in [6, 6.07) is 15.3. The van der Waals surface area contributed by atoms with Crippen LogP contribution in [0.25, 0.3) is 11.1 Å². The second-order valence-corrected chi connectivity index (χ2v) is 9.04. The van der Waals surface area contributed by atoms with E-state index in [1.807, 2.05) is 43.3 Å². The van der Waals surface area contributed by atoms with Crippen molar-refractivity contribution in [3.05, 3.63) is 72.3 Å². The summed E-state index contributed by atoms with van der Waals surface area (Å²) in [5, 5.41) is 12.1. The van der Waals surface area contributed by atoms with Crippen molar-refractivity contribution in [3.63, 3.8) is 0 Å². The zero-order valence-electron chi connectivity index (χ0n) is 19.3. The number of alkyl carbamates (subject to hydrolysis) is 1. The van der Waals surface area contributed by atoms with Gasteiger partial charge in [0.2, 0.25) is 5.91 Å². The van der Waals surface area contributed by atoms with Crippen LogP contribution in [0.5, 0.6) is 0 Å². The molecule has 3 atom stereocenters. The number of nitrogens with one attached hydrogen (secondary N) is 1. The van der Waals surface area contributed by atoms with Crippen molar-refractivity contribution in [2.75, 3.05) is 19.7 Å². The van der Waals surface area contributed by atoms with E-state index in [0.29, 0.717) is 13.0 Å². The van der Waals surface area contributed by atoms with E-state index in [9.17, 15) is 19.5 Å². The molecule has 1 aliphatic carbocycles. The van der Waals surface area contributed by atoms with Crippen molar-refractivity contribution < 1.29 is 24.2 Å². The minimum absolute atomic E-state index is 0.00510. The van der Waals surface area contributed by atoms with E-state index in [4.69, 9.17) is 4.74 Å². The minimum Gasteiger partial charge on any atom is -0.481 e. The van der Waals surface area contributed by atoms with Crippen LogP contribution in [0, 0.1) is 11.8 Å². The zero-order chi connectivity index (χ0) is 24.2. The van der Waals surface area contributed by atoms with Crippen LogP contribution in [0.1, 0.15) is 36.8 Å². The van der Waals surface area contributed by atoms with Crippen molar-refractivity contribution in [1.82, 2.24) is 10.2 Å². The highest BCUT2D eigenvalue weighted by Crippen LogP contribution is 2.44. The number of benzene rings is 2. The van der Waals surface area contributed by atoms with Crippen LogP contribution in [0.3, 0.4) is 0 Å². The van der Waals surface area contributed by atoms with Crippen LogP contribution in [-0.4, -0.2) is 53.7 Å². The van der Waals surface area contributed by atoms with Crippen LogP contribution in [-0.2, 0) is 14.3 Å². The second kappa shape index (κ2) is 10.1. The van der Waals surface area contributed by atoms with Crippen LogP contribution in [0.15, 0.2) is 61.2 Å². The van der Waals surface area contributed by atoms with Gasteiger partial charge in [0.15, 0.2) is 0 Å². The van der Waals surface area contributed by atoms with Crippen molar-refractivity contribution >= 4 is 18.0 Å². The predicted octanol–water partition coefficient (Wildman–Crippen LogP) is 4.04. The molecule has 0 saturated carbocycles. The zero-order valence-corrected chi connectivity index (χ0v) is 19.3. The van der Waals surface area contributed by atoms with E-state index in [0.717, 1.165) is 22.3 Å². The maximum Gasteiger partial charge on any atom is 0.407 e. The number of piperidine rings is 1. The fourth-order valence-corrected chi connectivity index (χ4v) is 4.98. The first-order chi connectivity index (χ1) is 16.4.